The van der Waals surface area contributed by atoms with Gasteiger partial charge in [0.25, 0.3) is 5.91 Å². The van der Waals surface area contributed by atoms with Crippen LogP contribution in [0.3, 0.4) is 0 Å². The molecule has 1 aliphatic heterocycles. The lowest BCUT2D eigenvalue weighted by Crippen LogP contribution is -2.48. The monoisotopic (exact) mass is 467 g/mol. The number of ether oxygens (including phenoxy) is 1. The summed E-state index contributed by atoms with van der Waals surface area (Å²) < 4.78 is 6.70. The van der Waals surface area contributed by atoms with E-state index in [-0.39, 0.29) is 5.75 Å². The third-order valence-electron chi connectivity index (χ3n) is 5.10. The van der Waals surface area contributed by atoms with Crippen LogP contribution in [0, 0.1) is 0 Å². The Labute approximate surface area is 193 Å². The highest BCUT2D eigenvalue weighted by Gasteiger charge is 2.49. The number of hydrazine groups is 1. The second kappa shape index (κ2) is 9.28. The number of hydrogen-bond donors (Lipinski definition) is 2. The van der Waals surface area contributed by atoms with E-state index in [9.17, 15) is 14.4 Å². The van der Waals surface area contributed by atoms with Crippen molar-refractivity contribution in [1.82, 2.24) is 36.0 Å². The summed E-state index contributed by atoms with van der Waals surface area (Å²) in [4.78, 5) is 37.7. The zero-order valence-corrected chi connectivity index (χ0v) is 18.7. The molecule has 1 fully saturated rings. The van der Waals surface area contributed by atoms with Gasteiger partial charge in [-0.05, 0) is 40.6 Å². The molecule has 1 aromatic heterocycles. The second-order valence-corrected chi connectivity index (χ2v) is 8.30. The fourth-order valence-corrected chi connectivity index (χ4v) is 3.97. The number of rotatable bonds is 8. The van der Waals surface area contributed by atoms with Gasteiger partial charge >= 0.3 is 6.03 Å². The van der Waals surface area contributed by atoms with Gasteiger partial charge in [0.15, 0.2) is 0 Å². The summed E-state index contributed by atoms with van der Waals surface area (Å²) in [7, 11) is 1.59. The van der Waals surface area contributed by atoms with Crippen molar-refractivity contribution in [3.63, 3.8) is 0 Å². The summed E-state index contributed by atoms with van der Waals surface area (Å²) in [6.45, 7) is 2.00. The van der Waals surface area contributed by atoms with Crippen LogP contribution in [0.25, 0.3) is 0 Å². The number of nitrogens with zero attached hydrogens (tertiary/aromatic N) is 5. The normalized spacial score (nSPS) is 17.7. The number of tetrazole rings is 1. The Morgan fingerprint density at radius 1 is 1.15 bits per heavy atom. The smallest absolute Gasteiger partial charge is 0.344 e. The van der Waals surface area contributed by atoms with Crippen LogP contribution in [-0.2, 0) is 21.7 Å². The SMILES string of the molecule is COc1ccc(Cn2nnnc2SCC(=O)NN2C(=O)NC(C)(c3ccccc3)C2=O)cc1. The molecular weight excluding hydrogens is 446 g/mol. The molecule has 4 rings (SSSR count). The van der Waals surface area contributed by atoms with Gasteiger partial charge in [0.1, 0.15) is 11.3 Å². The van der Waals surface area contributed by atoms with Crippen molar-refractivity contribution in [2.75, 3.05) is 12.9 Å². The molecule has 0 radical (unpaired) electrons. The summed E-state index contributed by atoms with van der Waals surface area (Å²) in [5.74, 6) is -0.464. The molecule has 0 saturated carbocycles. The molecule has 1 aliphatic rings. The lowest BCUT2D eigenvalue weighted by Gasteiger charge is -2.22. The first kappa shape index (κ1) is 22.3. The van der Waals surface area contributed by atoms with E-state index in [0.29, 0.717) is 22.3 Å². The average molecular weight is 468 g/mol. The Balaban J connectivity index is 1.36. The number of methoxy groups -OCH3 is 1. The van der Waals surface area contributed by atoms with Gasteiger partial charge in [0, 0.05) is 0 Å². The molecule has 0 aliphatic carbocycles. The van der Waals surface area contributed by atoms with Crippen LogP contribution in [-0.4, -0.2) is 55.9 Å². The van der Waals surface area contributed by atoms with Gasteiger partial charge in [-0.15, -0.1) is 5.10 Å². The molecule has 2 aromatic carbocycles. The maximum Gasteiger partial charge on any atom is 0.344 e. The predicted octanol–water partition coefficient (Wildman–Crippen LogP) is 1.32. The molecule has 2 N–H and O–H groups in total. The number of thioether (sulfide) groups is 1. The second-order valence-electron chi connectivity index (χ2n) is 7.35. The minimum atomic E-state index is -1.26. The van der Waals surface area contributed by atoms with Crippen LogP contribution in [0.4, 0.5) is 4.79 Å². The van der Waals surface area contributed by atoms with Crippen molar-refractivity contribution < 1.29 is 19.1 Å². The van der Waals surface area contributed by atoms with E-state index in [1.807, 2.05) is 30.3 Å². The molecule has 0 spiro atoms. The molecule has 0 bridgehead atoms. The third-order valence-corrected chi connectivity index (χ3v) is 6.06. The number of carbonyl (C=O) groups is 3. The maximum absolute atomic E-state index is 12.9. The van der Waals surface area contributed by atoms with E-state index in [1.165, 1.54) is 0 Å². The van der Waals surface area contributed by atoms with Gasteiger partial charge in [-0.1, -0.05) is 54.2 Å². The first-order valence-electron chi connectivity index (χ1n) is 9.94. The van der Waals surface area contributed by atoms with Crippen molar-refractivity contribution >= 4 is 29.6 Å². The molecule has 2 heterocycles. The maximum atomic E-state index is 12.9. The van der Waals surface area contributed by atoms with Crippen LogP contribution in [0.5, 0.6) is 5.75 Å². The third kappa shape index (κ3) is 4.65. The summed E-state index contributed by atoms with van der Waals surface area (Å²) in [5.41, 5.74) is 2.68. The van der Waals surface area contributed by atoms with Crippen LogP contribution in [0.1, 0.15) is 18.1 Å². The standard InChI is InChI=1S/C21H21N7O4S/c1-21(15-6-4-3-5-7-15)18(30)28(19(31)22-21)24-17(29)13-33-20-23-25-26-27(20)12-14-8-10-16(32-2)11-9-14/h3-11H,12-13H2,1-2H3,(H,22,31)(H,24,29). The Morgan fingerprint density at radius 3 is 2.58 bits per heavy atom. The molecule has 1 atom stereocenters. The Kier molecular flexibility index (Phi) is 6.27. The molecule has 1 saturated heterocycles. The predicted molar refractivity (Wildman–Crippen MR) is 118 cm³/mol. The topological polar surface area (TPSA) is 131 Å². The van der Waals surface area contributed by atoms with Gasteiger partial charge in [-0.2, -0.15) is 5.01 Å². The Bertz CT molecular complexity index is 1170. The summed E-state index contributed by atoms with van der Waals surface area (Å²) in [6, 6.07) is 15.6. The van der Waals surface area contributed by atoms with E-state index in [4.69, 9.17) is 4.74 Å². The highest BCUT2D eigenvalue weighted by molar-refractivity contribution is 7.99. The first-order valence-corrected chi connectivity index (χ1v) is 10.9. The summed E-state index contributed by atoms with van der Waals surface area (Å²) >= 11 is 1.09. The van der Waals surface area contributed by atoms with Crippen molar-refractivity contribution in [2.24, 2.45) is 0 Å². The quantitative estimate of drug-likeness (QED) is 0.375. The first-order chi connectivity index (χ1) is 15.9. The van der Waals surface area contributed by atoms with Gasteiger partial charge in [-0.25, -0.2) is 9.48 Å². The largest absolute Gasteiger partial charge is 0.497 e. The van der Waals surface area contributed by atoms with E-state index in [0.717, 1.165) is 23.1 Å². The molecule has 170 valence electrons. The molecular formula is C21H21N7O4S. The van der Waals surface area contributed by atoms with E-state index >= 15 is 0 Å². The van der Waals surface area contributed by atoms with E-state index < -0.39 is 23.4 Å². The number of nitrogens with one attached hydrogen (secondary N) is 2. The lowest BCUT2D eigenvalue weighted by molar-refractivity contribution is -0.138. The van der Waals surface area contributed by atoms with Crippen molar-refractivity contribution in [1.29, 1.82) is 0 Å². The molecule has 33 heavy (non-hydrogen) atoms. The van der Waals surface area contributed by atoms with Crippen LogP contribution in [0.15, 0.2) is 59.8 Å². The van der Waals surface area contributed by atoms with Gasteiger partial charge < -0.3 is 10.1 Å². The minimum absolute atomic E-state index is 0.0951. The number of amides is 4. The molecule has 12 heteroatoms. The number of carbonyl (C=O) groups excluding carboxylic acids is 3. The van der Waals surface area contributed by atoms with Crippen LogP contribution >= 0.6 is 11.8 Å². The minimum Gasteiger partial charge on any atom is -0.497 e. The number of urea groups is 1. The Morgan fingerprint density at radius 2 is 1.88 bits per heavy atom. The van der Waals surface area contributed by atoms with E-state index in [2.05, 4.69) is 26.3 Å². The van der Waals surface area contributed by atoms with Crippen molar-refractivity contribution in [2.45, 2.75) is 24.2 Å². The number of hydrogen-bond acceptors (Lipinski definition) is 8. The van der Waals surface area contributed by atoms with Gasteiger partial charge in [0.2, 0.25) is 11.1 Å². The average Bonchev–Trinajstić information content (AvgIpc) is 3.36. The molecule has 4 amide bonds. The fourth-order valence-electron chi connectivity index (χ4n) is 3.30. The number of imide groups is 1. The summed E-state index contributed by atoms with van der Waals surface area (Å²) in [5, 5.41) is 15.3. The molecule has 11 nitrogen and oxygen atoms in total. The van der Waals surface area contributed by atoms with Crippen LogP contribution < -0.4 is 15.5 Å². The highest BCUT2D eigenvalue weighted by atomic mass is 32.2. The number of aromatic nitrogens is 4. The van der Waals surface area contributed by atoms with Crippen molar-refractivity contribution in [3.05, 3.63) is 65.7 Å². The van der Waals surface area contributed by atoms with Crippen LogP contribution in [0.2, 0.25) is 0 Å². The highest BCUT2D eigenvalue weighted by Crippen LogP contribution is 2.27. The van der Waals surface area contributed by atoms with Gasteiger partial charge in [-0.3, -0.25) is 15.0 Å². The Hall–Kier alpha value is -3.93. The fraction of sp³-hybridized carbons (Fsp3) is 0.238. The zero-order valence-electron chi connectivity index (χ0n) is 17.9. The van der Waals surface area contributed by atoms with Crippen molar-refractivity contribution in [3.8, 4) is 5.75 Å². The zero-order chi connectivity index (χ0) is 23.4. The molecule has 3 aromatic rings. The van der Waals surface area contributed by atoms with E-state index in [1.54, 1.807) is 43.0 Å². The number of benzene rings is 2. The van der Waals surface area contributed by atoms with Gasteiger partial charge in [0.05, 0.1) is 19.4 Å². The lowest BCUT2D eigenvalue weighted by atomic mass is 9.92. The summed E-state index contributed by atoms with van der Waals surface area (Å²) in [6.07, 6.45) is 0. The molecule has 1 unspecified atom stereocenters.